The highest BCUT2D eigenvalue weighted by Crippen LogP contribution is 2.50. The average Bonchev–Trinajstić information content (AvgIpc) is 3.29. The summed E-state index contributed by atoms with van der Waals surface area (Å²) in [5, 5.41) is 3.62. The first kappa shape index (κ1) is 20.8. The molecule has 3 atom stereocenters. The highest BCUT2D eigenvalue weighted by atomic mass is 32.1. The Morgan fingerprint density at radius 3 is 2.69 bits per heavy atom. The lowest BCUT2D eigenvalue weighted by Gasteiger charge is -2.27. The number of likely N-dealkylation sites (tertiary alicyclic amines) is 1. The van der Waals surface area contributed by atoms with E-state index >= 15 is 0 Å². The zero-order valence-corrected chi connectivity index (χ0v) is 18.2. The summed E-state index contributed by atoms with van der Waals surface area (Å²) < 4.78 is 26.9. The lowest BCUT2D eigenvalue weighted by atomic mass is 10.1. The van der Waals surface area contributed by atoms with Crippen molar-refractivity contribution in [1.29, 1.82) is 0 Å². The molecule has 0 radical (unpaired) electrons. The van der Waals surface area contributed by atoms with E-state index in [-0.39, 0.29) is 23.7 Å². The molecule has 1 N–H and O–H groups in total. The van der Waals surface area contributed by atoms with Crippen LogP contribution in [0.15, 0.2) is 48.5 Å². The minimum atomic E-state index is -0.400. The summed E-state index contributed by atoms with van der Waals surface area (Å²) >= 11 is 1.37. The van der Waals surface area contributed by atoms with Crippen LogP contribution in [0.5, 0.6) is 0 Å². The van der Waals surface area contributed by atoms with Gasteiger partial charge in [0, 0.05) is 18.7 Å². The van der Waals surface area contributed by atoms with Crippen molar-refractivity contribution in [2.75, 3.05) is 13.1 Å². The molecule has 32 heavy (non-hydrogen) atoms. The molecule has 1 saturated carbocycles. The van der Waals surface area contributed by atoms with Gasteiger partial charge in [0.05, 0.1) is 15.9 Å². The van der Waals surface area contributed by atoms with Crippen molar-refractivity contribution in [2.24, 2.45) is 11.8 Å². The molecule has 2 aliphatic rings. The fourth-order valence-corrected chi connectivity index (χ4v) is 5.41. The summed E-state index contributed by atoms with van der Waals surface area (Å²) in [6, 6.07) is 11.4. The Balaban J connectivity index is 1.35. The van der Waals surface area contributed by atoms with Crippen LogP contribution in [0.4, 0.5) is 8.78 Å². The van der Waals surface area contributed by atoms with Gasteiger partial charge in [-0.05, 0) is 67.1 Å². The number of hydrogen-bond donors (Lipinski definition) is 1. The van der Waals surface area contributed by atoms with Crippen LogP contribution in [0.3, 0.4) is 0 Å². The Hall–Kier alpha value is -3.13. The standard InChI is InChI=1S/C24H21F2N3O2S/c1-13-28-21(22(32-13)15-3-2-4-18(26)9-15)24(31)29-12-16-10-19(16)20(29)11-27-23(30)14-5-7-17(25)8-6-14/h2-9,16,19-20H,10-12H2,1H3,(H,27,30)/t16-,19-,20-/m1/s1. The van der Waals surface area contributed by atoms with Gasteiger partial charge in [-0.3, -0.25) is 9.59 Å². The zero-order valence-electron chi connectivity index (χ0n) is 17.3. The number of carbonyl (C=O) groups is 2. The lowest BCUT2D eigenvalue weighted by Crippen LogP contribution is -2.45. The molecular weight excluding hydrogens is 432 g/mol. The SMILES string of the molecule is Cc1nc(C(=O)N2C[C@H]3C[C@H]3[C@H]2CNC(=O)c2ccc(F)cc2)c(-c2cccc(F)c2)s1. The first-order valence-corrected chi connectivity index (χ1v) is 11.3. The molecule has 2 amide bonds. The summed E-state index contributed by atoms with van der Waals surface area (Å²) in [4.78, 5) is 32.9. The molecule has 0 bridgehead atoms. The molecule has 1 aliphatic carbocycles. The normalized spacial score (nSPS) is 21.3. The van der Waals surface area contributed by atoms with E-state index < -0.39 is 5.82 Å². The second kappa shape index (κ2) is 8.09. The third-order valence-corrected chi connectivity index (χ3v) is 7.19. The Labute approximate surface area is 188 Å². The Bertz CT molecular complexity index is 1190. The van der Waals surface area contributed by atoms with Crippen LogP contribution in [0.1, 0.15) is 32.3 Å². The van der Waals surface area contributed by atoms with Gasteiger partial charge in [0.15, 0.2) is 0 Å². The van der Waals surface area contributed by atoms with Gasteiger partial charge in [0.1, 0.15) is 17.3 Å². The number of aryl methyl sites for hydroxylation is 1. The maximum absolute atomic E-state index is 13.8. The fraction of sp³-hybridized carbons (Fsp3) is 0.292. The van der Waals surface area contributed by atoms with Gasteiger partial charge in [-0.15, -0.1) is 11.3 Å². The molecule has 5 rings (SSSR count). The number of hydrogen-bond acceptors (Lipinski definition) is 4. The molecule has 164 valence electrons. The van der Waals surface area contributed by atoms with Crippen molar-refractivity contribution in [1.82, 2.24) is 15.2 Å². The summed E-state index contributed by atoms with van der Waals surface area (Å²) in [5.74, 6) is -0.472. The number of fused-ring (bicyclic) bond motifs is 1. The van der Waals surface area contributed by atoms with Crippen molar-refractivity contribution in [2.45, 2.75) is 19.4 Å². The Morgan fingerprint density at radius 1 is 1.16 bits per heavy atom. The molecule has 0 unspecified atom stereocenters. The van der Waals surface area contributed by atoms with E-state index in [1.165, 1.54) is 47.7 Å². The molecular formula is C24H21F2N3O2S. The monoisotopic (exact) mass is 453 g/mol. The van der Waals surface area contributed by atoms with E-state index in [1.54, 1.807) is 17.0 Å². The minimum absolute atomic E-state index is 0.126. The van der Waals surface area contributed by atoms with Crippen molar-refractivity contribution in [3.8, 4) is 10.4 Å². The van der Waals surface area contributed by atoms with Gasteiger partial charge in [-0.1, -0.05) is 12.1 Å². The molecule has 5 nitrogen and oxygen atoms in total. The first-order chi connectivity index (χ1) is 15.4. The summed E-state index contributed by atoms with van der Waals surface area (Å²) in [6.45, 7) is 2.77. The number of aromatic nitrogens is 1. The number of nitrogens with one attached hydrogen (secondary N) is 1. The molecule has 8 heteroatoms. The highest BCUT2D eigenvalue weighted by Gasteiger charge is 2.54. The number of halogens is 2. The van der Waals surface area contributed by atoms with Crippen molar-refractivity contribution < 1.29 is 18.4 Å². The predicted molar refractivity (Wildman–Crippen MR) is 117 cm³/mol. The van der Waals surface area contributed by atoms with E-state index in [2.05, 4.69) is 10.3 Å². The quantitative estimate of drug-likeness (QED) is 0.627. The summed E-state index contributed by atoms with van der Waals surface area (Å²) in [7, 11) is 0. The second-order valence-electron chi connectivity index (χ2n) is 8.32. The van der Waals surface area contributed by atoms with Gasteiger partial charge in [-0.2, -0.15) is 0 Å². The minimum Gasteiger partial charge on any atom is -0.350 e. The van der Waals surface area contributed by atoms with Crippen LogP contribution >= 0.6 is 11.3 Å². The first-order valence-electron chi connectivity index (χ1n) is 10.5. The van der Waals surface area contributed by atoms with Gasteiger partial charge in [-0.25, -0.2) is 13.8 Å². The number of piperidine rings is 1. The van der Waals surface area contributed by atoms with E-state index in [0.29, 0.717) is 46.6 Å². The summed E-state index contributed by atoms with van der Waals surface area (Å²) in [5.41, 5.74) is 1.33. The molecule has 1 saturated heterocycles. The largest absolute Gasteiger partial charge is 0.350 e. The van der Waals surface area contributed by atoms with Crippen LogP contribution in [-0.2, 0) is 0 Å². The fourth-order valence-electron chi connectivity index (χ4n) is 4.50. The smallest absolute Gasteiger partial charge is 0.274 e. The number of thiazole rings is 1. The number of amides is 2. The van der Waals surface area contributed by atoms with Crippen LogP contribution in [0.2, 0.25) is 0 Å². The van der Waals surface area contributed by atoms with E-state index in [9.17, 15) is 18.4 Å². The molecule has 1 aromatic heterocycles. The maximum atomic E-state index is 13.8. The van der Waals surface area contributed by atoms with Crippen molar-refractivity contribution >= 4 is 23.2 Å². The van der Waals surface area contributed by atoms with E-state index in [4.69, 9.17) is 0 Å². The Kier molecular flexibility index (Phi) is 5.25. The van der Waals surface area contributed by atoms with Crippen LogP contribution in [0, 0.1) is 30.4 Å². The third-order valence-electron chi connectivity index (χ3n) is 6.17. The number of nitrogens with zero attached hydrogens (tertiary/aromatic N) is 2. The molecule has 2 aromatic carbocycles. The summed E-state index contributed by atoms with van der Waals surface area (Å²) in [6.07, 6.45) is 1.04. The number of benzene rings is 2. The van der Waals surface area contributed by atoms with Crippen LogP contribution < -0.4 is 5.32 Å². The van der Waals surface area contributed by atoms with Gasteiger partial charge >= 0.3 is 0 Å². The third kappa shape index (κ3) is 3.90. The van der Waals surface area contributed by atoms with E-state index in [0.717, 1.165) is 11.4 Å². The van der Waals surface area contributed by atoms with Gasteiger partial charge in [0.25, 0.3) is 11.8 Å². The van der Waals surface area contributed by atoms with Crippen LogP contribution in [-0.4, -0.2) is 40.8 Å². The van der Waals surface area contributed by atoms with Crippen molar-refractivity contribution in [3.63, 3.8) is 0 Å². The number of rotatable bonds is 5. The van der Waals surface area contributed by atoms with Gasteiger partial charge < -0.3 is 10.2 Å². The van der Waals surface area contributed by atoms with Crippen molar-refractivity contribution in [3.05, 3.63) is 76.4 Å². The van der Waals surface area contributed by atoms with E-state index in [1.807, 2.05) is 6.92 Å². The molecule has 3 aromatic rings. The second-order valence-corrected chi connectivity index (χ2v) is 9.53. The lowest BCUT2D eigenvalue weighted by molar-refractivity contribution is 0.0690. The van der Waals surface area contributed by atoms with Gasteiger partial charge in [0.2, 0.25) is 0 Å². The molecule has 0 spiro atoms. The predicted octanol–water partition coefficient (Wildman–Crippen LogP) is 4.29. The maximum Gasteiger partial charge on any atom is 0.274 e. The molecule has 2 fully saturated rings. The molecule has 2 heterocycles. The zero-order chi connectivity index (χ0) is 22.4. The number of carbonyl (C=O) groups excluding carboxylic acids is 2. The average molecular weight is 454 g/mol. The topological polar surface area (TPSA) is 62.3 Å². The highest BCUT2D eigenvalue weighted by molar-refractivity contribution is 7.15. The Morgan fingerprint density at radius 2 is 1.94 bits per heavy atom. The van der Waals surface area contributed by atoms with Crippen LogP contribution in [0.25, 0.3) is 10.4 Å². The molecule has 1 aliphatic heterocycles.